The van der Waals surface area contributed by atoms with Gasteiger partial charge in [-0.05, 0) is 67.6 Å². The minimum Gasteiger partial charge on any atom is -0.486 e. The fraction of sp³-hybridized carbons (Fsp3) is 0.433. The predicted molar refractivity (Wildman–Crippen MR) is 144 cm³/mol. The van der Waals surface area contributed by atoms with Gasteiger partial charge < -0.3 is 19.9 Å². The third-order valence-corrected chi connectivity index (χ3v) is 6.73. The molecule has 37 heavy (non-hydrogen) atoms. The summed E-state index contributed by atoms with van der Waals surface area (Å²) in [4.78, 5) is 35.2. The van der Waals surface area contributed by atoms with Gasteiger partial charge in [-0.3, -0.25) is 14.4 Å². The van der Waals surface area contributed by atoms with E-state index in [0.29, 0.717) is 22.8 Å². The number of ether oxygens (including phenoxy) is 2. The van der Waals surface area contributed by atoms with Crippen molar-refractivity contribution in [2.45, 2.75) is 66.7 Å². The number of hydrogen-bond donors (Lipinski definition) is 2. The molecule has 0 unspecified atom stereocenters. The first-order chi connectivity index (χ1) is 17.2. The van der Waals surface area contributed by atoms with Gasteiger partial charge in [0.2, 0.25) is 0 Å². The van der Waals surface area contributed by atoms with Crippen molar-refractivity contribution < 1.29 is 29.0 Å². The van der Waals surface area contributed by atoms with Crippen LogP contribution in [0.3, 0.4) is 0 Å². The molecule has 0 heterocycles. The topological polar surface area (TPSA) is 102 Å². The average Bonchev–Trinajstić information content (AvgIpc) is 2.83. The summed E-state index contributed by atoms with van der Waals surface area (Å²) in [7, 11) is 0. The van der Waals surface area contributed by atoms with E-state index in [9.17, 15) is 14.4 Å². The number of nitrogens with one attached hydrogen (secondary N) is 1. The van der Waals surface area contributed by atoms with Gasteiger partial charge in [0.05, 0.1) is 5.41 Å². The van der Waals surface area contributed by atoms with Crippen LogP contribution >= 0.6 is 0 Å². The quantitative estimate of drug-likeness (QED) is 0.353. The fourth-order valence-electron chi connectivity index (χ4n) is 4.08. The van der Waals surface area contributed by atoms with Crippen molar-refractivity contribution in [2.75, 3.05) is 13.2 Å². The molecule has 2 aromatic carbocycles. The number of aryl methyl sites for hydroxylation is 2. The second kappa shape index (κ2) is 12.1. The first-order valence-electron chi connectivity index (χ1n) is 12.5. The molecule has 0 aliphatic carbocycles. The molecule has 0 atom stereocenters. The van der Waals surface area contributed by atoms with Gasteiger partial charge in [-0.1, -0.05) is 53.3 Å². The summed E-state index contributed by atoms with van der Waals surface area (Å²) in [6.07, 6.45) is 1.50. The Labute approximate surface area is 219 Å². The van der Waals surface area contributed by atoms with Crippen LogP contribution in [0.5, 0.6) is 11.5 Å². The molecule has 0 fully saturated rings. The van der Waals surface area contributed by atoms with Crippen LogP contribution in [-0.2, 0) is 15.0 Å². The highest BCUT2D eigenvalue weighted by atomic mass is 16.5. The monoisotopic (exact) mass is 509 g/mol. The van der Waals surface area contributed by atoms with Crippen molar-refractivity contribution >= 4 is 17.7 Å². The lowest BCUT2D eigenvalue weighted by atomic mass is 9.74. The van der Waals surface area contributed by atoms with Gasteiger partial charge in [-0.15, -0.1) is 0 Å². The van der Waals surface area contributed by atoms with Gasteiger partial charge in [-0.2, -0.15) is 0 Å². The largest absolute Gasteiger partial charge is 0.486 e. The number of carboxylic acid groups (broad SMARTS) is 1. The second-order valence-electron chi connectivity index (χ2n) is 10.3. The van der Waals surface area contributed by atoms with E-state index in [1.165, 1.54) is 0 Å². The maximum atomic E-state index is 12.3. The van der Waals surface area contributed by atoms with Gasteiger partial charge in [0.25, 0.3) is 5.91 Å². The Kier molecular flexibility index (Phi) is 9.67. The van der Waals surface area contributed by atoms with Crippen molar-refractivity contribution in [1.29, 1.82) is 0 Å². The zero-order chi connectivity index (χ0) is 28.0. The second-order valence-corrected chi connectivity index (χ2v) is 10.3. The molecule has 7 heteroatoms. The molecule has 0 bridgehead atoms. The lowest BCUT2D eigenvalue weighted by Crippen LogP contribution is -2.30. The van der Waals surface area contributed by atoms with Crippen LogP contribution in [0.4, 0.5) is 0 Å². The number of rotatable bonds is 12. The van der Waals surface area contributed by atoms with Gasteiger partial charge in [0, 0.05) is 11.0 Å². The number of hydrogen-bond acceptors (Lipinski definition) is 5. The SMILES string of the molecule is C=C(Oc1ccc(C(=O)NCC(=O)O)cc1C)C(CC)(CC)c1ccc(OCC(=O)C(C)(C)C)c(C)c1. The fourth-order valence-corrected chi connectivity index (χ4v) is 4.08. The number of amides is 1. The molecule has 0 aromatic heterocycles. The molecule has 2 N–H and O–H groups in total. The summed E-state index contributed by atoms with van der Waals surface area (Å²) in [5.74, 6) is 0.291. The molecular weight excluding hydrogens is 470 g/mol. The standard InChI is InChI=1S/C30H39NO6/c1-9-30(10-2,23-12-14-24(20(4)16-23)36-18-26(32)29(6,7)8)21(5)37-25-13-11-22(15-19(25)3)28(35)31-17-27(33)34/h11-16H,5,9-10,17-18H2,1-4,6-8H3,(H,31,35)(H,33,34). The smallest absolute Gasteiger partial charge is 0.322 e. The van der Waals surface area contributed by atoms with Gasteiger partial charge in [0.15, 0.2) is 5.78 Å². The highest BCUT2D eigenvalue weighted by molar-refractivity contribution is 5.96. The van der Waals surface area contributed by atoms with E-state index < -0.39 is 29.3 Å². The van der Waals surface area contributed by atoms with Crippen molar-refractivity contribution in [3.05, 3.63) is 71.0 Å². The Morgan fingerprint density at radius 3 is 2.05 bits per heavy atom. The van der Waals surface area contributed by atoms with Crippen LogP contribution in [0.25, 0.3) is 0 Å². The van der Waals surface area contributed by atoms with Crippen LogP contribution < -0.4 is 14.8 Å². The lowest BCUT2D eigenvalue weighted by molar-refractivity contribution is -0.135. The average molecular weight is 510 g/mol. The summed E-state index contributed by atoms with van der Waals surface area (Å²) in [6.45, 7) is 17.4. The zero-order valence-corrected chi connectivity index (χ0v) is 23.0. The minimum atomic E-state index is -1.11. The molecule has 200 valence electrons. The first-order valence-corrected chi connectivity index (χ1v) is 12.5. The highest BCUT2D eigenvalue weighted by Crippen LogP contribution is 2.41. The predicted octanol–water partition coefficient (Wildman–Crippen LogP) is 5.76. The Balaban J connectivity index is 2.25. The normalized spacial score (nSPS) is 11.5. The van der Waals surface area contributed by atoms with Gasteiger partial charge in [0.1, 0.15) is 30.4 Å². The number of benzene rings is 2. The number of Topliss-reactive ketones (excluding diaryl/α,β-unsaturated/α-hetero) is 1. The van der Waals surface area contributed by atoms with Gasteiger partial charge in [-0.25, -0.2) is 0 Å². The summed E-state index contributed by atoms with van der Waals surface area (Å²) in [5, 5.41) is 11.1. The van der Waals surface area contributed by atoms with Crippen LogP contribution in [0, 0.1) is 19.3 Å². The molecule has 1 amide bonds. The lowest BCUT2D eigenvalue weighted by Gasteiger charge is -2.34. The number of allylic oxidation sites excluding steroid dienone is 1. The molecule has 7 nitrogen and oxygen atoms in total. The minimum absolute atomic E-state index is 0.0236. The molecule has 0 saturated carbocycles. The van der Waals surface area contributed by atoms with E-state index in [4.69, 9.17) is 14.6 Å². The molecule has 2 aromatic rings. The molecule has 2 rings (SSSR count). The van der Waals surface area contributed by atoms with E-state index in [2.05, 4.69) is 31.8 Å². The maximum absolute atomic E-state index is 12.3. The molecule has 0 aliphatic heterocycles. The Morgan fingerprint density at radius 2 is 1.54 bits per heavy atom. The number of ketones is 1. The summed E-state index contributed by atoms with van der Waals surface area (Å²) in [5.41, 5.74) is 2.12. The molecular formula is C30H39NO6. The Morgan fingerprint density at radius 1 is 0.946 bits per heavy atom. The highest BCUT2D eigenvalue weighted by Gasteiger charge is 2.34. The zero-order valence-electron chi connectivity index (χ0n) is 23.0. The Bertz CT molecular complexity index is 1170. The Hall–Kier alpha value is -3.61. The third kappa shape index (κ3) is 7.21. The van der Waals surface area contributed by atoms with E-state index in [0.717, 1.165) is 29.5 Å². The van der Waals surface area contributed by atoms with E-state index in [1.54, 1.807) is 18.2 Å². The van der Waals surface area contributed by atoms with Crippen molar-refractivity contribution in [3.8, 4) is 11.5 Å². The number of carbonyl (C=O) groups excluding carboxylic acids is 2. The maximum Gasteiger partial charge on any atom is 0.322 e. The molecule has 0 spiro atoms. The summed E-state index contributed by atoms with van der Waals surface area (Å²) < 4.78 is 12.1. The van der Waals surface area contributed by atoms with Crippen LogP contribution in [-0.4, -0.2) is 35.9 Å². The number of carboxylic acids is 1. The number of aliphatic carboxylic acids is 1. The number of carbonyl (C=O) groups is 3. The third-order valence-electron chi connectivity index (χ3n) is 6.73. The van der Waals surface area contributed by atoms with Crippen molar-refractivity contribution in [1.82, 2.24) is 5.32 Å². The first kappa shape index (κ1) is 29.6. The summed E-state index contributed by atoms with van der Waals surface area (Å²) >= 11 is 0. The summed E-state index contributed by atoms with van der Waals surface area (Å²) in [6, 6.07) is 10.9. The van der Waals surface area contributed by atoms with E-state index in [-0.39, 0.29) is 12.4 Å². The van der Waals surface area contributed by atoms with Crippen LogP contribution in [0.1, 0.15) is 74.5 Å². The molecule has 0 radical (unpaired) electrons. The van der Waals surface area contributed by atoms with E-state index >= 15 is 0 Å². The van der Waals surface area contributed by atoms with Crippen LogP contribution in [0.2, 0.25) is 0 Å². The molecule has 0 aliphatic rings. The van der Waals surface area contributed by atoms with Crippen molar-refractivity contribution in [2.24, 2.45) is 5.41 Å². The van der Waals surface area contributed by atoms with E-state index in [1.807, 2.05) is 46.8 Å². The molecule has 0 saturated heterocycles. The van der Waals surface area contributed by atoms with Gasteiger partial charge >= 0.3 is 5.97 Å². The van der Waals surface area contributed by atoms with Crippen molar-refractivity contribution in [3.63, 3.8) is 0 Å². The van der Waals surface area contributed by atoms with Crippen LogP contribution in [0.15, 0.2) is 48.7 Å².